The van der Waals surface area contributed by atoms with Crippen molar-refractivity contribution >= 4 is 34.5 Å². The molecular formula is C23H22N2O2S. The second-order valence-electron chi connectivity index (χ2n) is 7.20. The molecule has 28 heavy (non-hydrogen) atoms. The lowest BCUT2D eigenvalue weighted by molar-refractivity contribution is -0.128. The molecular weight excluding hydrogens is 368 g/mol. The van der Waals surface area contributed by atoms with E-state index in [0.717, 1.165) is 33.6 Å². The Balaban J connectivity index is 1.81. The third kappa shape index (κ3) is 3.12. The average Bonchev–Trinajstić information content (AvgIpc) is 3.21. The first-order valence-electron chi connectivity index (χ1n) is 9.26. The number of aryl methyl sites for hydroxylation is 2. The lowest BCUT2D eigenvalue weighted by atomic mass is 10.00. The molecule has 0 spiro atoms. The quantitative estimate of drug-likeness (QED) is 0.645. The van der Waals surface area contributed by atoms with E-state index in [1.54, 1.807) is 9.80 Å². The zero-order valence-electron chi connectivity index (χ0n) is 16.2. The monoisotopic (exact) mass is 390 g/mol. The van der Waals surface area contributed by atoms with E-state index >= 15 is 0 Å². The second-order valence-corrected chi connectivity index (χ2v) is 7.98. The molecule has 1 atom stereocenters. The average molecular weight is 391 g/mol. The smallest absolute Gasteiger partial charge is 0.255 e. The van der Waals surface area contributed by atoms with Crippen molar-refractivity contribution in [2.45, 2.75) is 26.8 Å². The van der Waals surface area contributed by atoms with Crippen molar-refractivity contribution in [3.63, 3.8) is 0 Å². The number of piperazine rings is 1. The lowest BCUT2D eigenvalue weighted by Gasteiger charge is -2.40. The van der Waals surface area contributed by atoms with Crippen LogP contribution in [0.1, 0.15) is 28.3 Å². The predicted molar refractivity (Wildman–Crippen MR) is 114 cm³/mol. The minimum absolute atomic E-state index is 0.0393. The van der Waals surface area contributed by atoms with Crippen molar-refractivity contribution in [3.05, 3.63) is 81.5 Å². The van der Waals surface area contributed by atoms with E-state index in [0.29, 0.717) is 0 Å². The molecule has 4 nitrogen and oxygen atoms in total. The number of hydrogen-bond donors (Lipinski definition) is 0. The number of rotatable bonds is 3. The van der Waals surface area contributed by atoms with Gasteiger partial charge in [0.2, 0.25) is 5.91 Å². The van der Waals surface area contributed by atoms with Crippen LogP contribution in [-0.2, 0) is 9.59 Å². The number of carbonyl (C=O) groups excluding carboxylic acids is 2. The van der Waals surface area contributed by atoms with Crippen molar-refractivity contribution in [1.82, 2.24) is 0 Å². The zero-order chi connectivity index (χ0) is 19.8. The third-order valence-corrected chi connectivity index (χ3v) is 6.06. The molecule has 142 valence electrons. The molecule has 0 aliphatic carbocycles. The second kappa shape index (κ2) is 7.24. The molecule has 2 amide bonds. The van der Waals surface area contributed by atoms with E-state index in [1.807, 2.05) is 80.1 Å². The number of hydrogen-bond acceptors (Lipinski definition) is 3. The Labute approximate surface area is 169 Å². The standard InChI is InChI=1S/C23H22N2O2S/c1-15-7-9-19(10-8-15)25-21(26)13-24(20-6-4-5-16(2)17(20)3)23(27)22(25)18-11-12-28-14-18/h4-12,14,22H,13H2,1-3H3. The summed E-state index contributed by atoms with van der Waals surface area (Å²) in [5.74, 6) is -0.159. The minimum Gasteiger partial charge on any atom is -0.301 e. The molecule has 1 saturated heterocycles. The Kier molecular flexibility index (Phi) is 4.77. The molecule has 3 aromatic rings. The molecule has 1 aliphatic heterocycles. The molecule has 2 heterocycles. The van der Waals surface area contributed by atoms with Gasteiger partial charge in [0.1, 0.15) is 12.6 Å². The van der Waals surface area contributed by atoms with Gasteiger partial charge in [-0.2, -0.15) is 11.3 Å². The van der Waals surface area contributed by atoms with Crippen molar-refractivity contribution < 1.29 is 9.59 Å². The van der Waals surface area contributed by atoms with E-state index in [2.05, 4.69) is 0 Å². The summed E-state index contributed by atoms with van der Waals surface area (Å²) in [7, 11) is 0. The van der Waals surface area contributed by atoms with Crippen LogP contribution in [0, 0.1) is 20.8 Å². The van der Waals surface area contributed by atoms with Crippen LogP contribution in [0.3, 0.4) is 0 Å². The highest BCUT2D eigenvalue weighted by atomic mass is 32.1. The summed E-state index contributed by atoms with van der Waals surface area (Å²) < 4.78 is 0. The Morgan fingerprint density at radius 1 is 0.964 bits per heavy atom. The summed E-state index contributed by atoms with van der Waals surface area (Å²) in [5.41, 5.74) is 5.65. The van der Waals surface area contributed by atoms with Gasteiger partial charge in [-0.25, -0.2) is 0 Å². The Morgan fingerprint density at radius 3 is 2.39 bits per heavy atom. The summed E-state index contributed by atoms with van der Waals surface area (Å²) in [4.78, 5) is 30.1. The normalized spacial score (nSPS) is 17.3. The number of benzene rings is 2. The van der Waals surface area contributed by atoms with E-state index in [1.165, 1.54) is 11.3 Å². The molecule has 1 fully saturated rings. The predicted octanol–water partition coefficient (Wildman–Crippen LogP) is 4.79. The molecule has 0 N–H and O–H groups in total. The number of anilines is 2. The SMILES string of the molecule is Cc1ccc(N2C(=O)CN(c3cccc(C)c3C)C(=O)C2c2ccsc2)cc1. The Hall–Kier alpha value is -2.92. The van der Waals surface area contributed by atoms with Crippen LogP contribution in [0.2, 0.25) is 0 Å². The summed E-state index contributed by atoms with van der Waals surface area (Å²) >= 11 is 1.53. The Bertz CT molecular complexity index is 1030. The topological polar surface area (TPSA) is 40.6 Å². The molecule has 0 radical (unpaired) electrons. The highest BCUT2D eigenvalue weighted by Crippen LogP contribution is 2.36. The van der Waals surface area contributed by atoms with Crippen LogP contribution in [-0.4, -0.2) is 18.4 Å². The van der Waals surface area contributed by atoms with Crippen LogP contribution in [0.4, 0.5) is 11.4 Å². The maximum absolute atomic E-state index is 13.6. The summed E-state index contributed by atoms with van der Waals surface area (Å²) in [6, 6.07) is 14.9. The number of carbonyl (C=O) groups is 2. The van der Waals surface area contributed by atoms with Gasteiger partial charge in [-0.15, -0.1) is 0 Å². The fraction of sp³-hybridized carbons (Fsp3) is 0.217. The van der Waals surface area contributed by atoms with Crippen molar-refractivity contribution in [3.8, 4) is 0 Å². The van der Waals surface area contributed by atoms with E-state index in [4.69, 9.17) is 0 Å². The number of amides is 2. The molecule has 0 bridgehead atoms. The van der Waals surface area contributed by atoms with Crippen LogP contribution in [0.15, 0.2) is 59.3 Å². The van der Waals surface area contributed by atoms with E-state index < -0.39 is 6.04 Å². The van der Waals surface area contributed by atoms with Crippen LogP contribution >= 0.6 is 11.3 Å². The van der Waals surface area contributed by atoms with Crippen molar-refractivity contribution in [1.29, 1.82) is 0 Å². The third-order valence-electron chi connectivity index (χ3n) is 5.36. The summed E-state index contributed by atoms with van der Waals surface area (Å²) in [6.45, 7) is 6.06. The number of nitrogens with zero attached hydrogens (tertiary/aromatic N) is 2. The van der Waals surface area contributed by atoms with Gasteiger partial charge in [0, 0.05) is 11.4 Å². The lowest BCUT2D eigenvalue weighted by Crippen LogP contribution is -2.56. The largest absolute Gasteiger partial charge is 0.301 e. The summed E-state index contributed by atoms with van der Waals surface area (Å²) in [6.07, 6.45) is 0. The molecule has 4 rings (SSSR count). The van der Waals surface area contributed by atoms with Crippen molar-refractivity contribution in [2.24, 2.45) is 0 Å². The minimum atomic E-state index is -0.657. The van der Waals surface area contributed by atoms with Gasteiger partial charge in [-0.1, -0.05) is 29.8 Å². The molecule has 5 heteroatoms. The van der Waals surface area contributed by atoms with Gasteiger partial charge in [0.05, 0.1) is 0 Å². The zero-order valence-corrected chi connectivity index (χ0v) is 17.0. The van der Waals surface area contributed by atoms with E-state index in [9.17, 15) is 9.59 Å². The highest BCUT2D eigenvalue weighted by Gasteiger charge is 2.42. The van der Waals surface area contributed by atoms with Gasteiger partial charge in [0.25, 0.3) is 5.91 Å². The highest BCUT2D eigenvalue weighted by molar-refractivity contribution is 7.08. The van der Waals surface area contributed by atoms with Gasteiger partial charge in [-0.3, -0.25) is 14.5 Å². The first kappa shape index (κ1) is 18.4. The van der Waals surface area contributed by atoms with Gasteiger partial charge >= 0.3 is 0 Å². The first-order chi connectivity index (χ1) is 13.5. The van der Waals surface area contributed by atoms with Gasteiger partial charge in [0.15, 0.2) is 0 Å². The van der Waals surface area contributed by atoms with Crippen molar-refractivity contribution in [2.75, 3.05) is 16.3 Å². The summed E-state index contributed by atoms with van der Waals surface area (Å²) in [5, 5.41) is 3.89. The first-order valence-corrected chi connectivity index (χ1v) is 10.2. The fourth-order valence-electron chi connectivity index (χ4n) is 3.64. The molecule has 2 aromatic carbocycles. The maximum Gasteiger partial charge on any atom is 0.255 e. The van der Waals surface area contributed by atoms with E-state index in [-0.39, 0.29) is 18.4 Å². The molecule has 1 aromatic heterocycles. The van der Waals surface area contributed by atoms with Gasteiger partial charge < -0.3 is 4.90 Å². The fourth-order valence-corrected chi connectivity index (χ4v) is 4.32. The van der Waals surface area contributed by atoms with Crippen LogP contribution < -0.4 is 9.80 Å². The molecule has 0 saturated carbocycles. The number of thiophene rings is 1. The van der Waals surface area contributed by atoms with Crippen LogP contribution in [0.25, 0.3) is 0 Å². The molecule has 1 aliphatic rings. The maximum atomic E-state index is 13.6. The van der Waals surface area contributed by atoms with Gasteiger partial charge in [-0.05, 0) is 72.5 Å². The Morgan fingerprint density at radius 2 is 1.71 bits per heavy atom. The van der Waals surface area contributed by atoms with Crippen LogP contribution in [0.5, 0.6) is 0 Å². The molecule has 1 unspecified atom stereocenters.